The molecule has 1 saturated heterocycles. The second kappa shape index (κ2) is 3.18. The molecule has 2 nitrogen and oxygen atoms in total. The van der Waals surface area contributed by atoms with Gasteiger partial charge in [0.25, 0.3) is 0 Å². The lowest BCUT2D eigenvalue weighted by atomic mass is 10.1. The summed E-state index contributed by atoms with van der Waals surface area (Å²) in [6, 6.07) is 0. The highest BCUT2D eigenvalue weighted by Gasteiger charge is 2.16. The van der Waals surface area contributed by atoms with Gasteiger partial charge in [0, 0.05) is 6.54 Å². The van der Waals surface area contributed by atoms with Crippen molar-refractivity contribution in [3.63, 3.8) is 0 Å². The highest BCUT2D eigenvalue weighted by Crippen LogP contribution is 2.17. The molecule has 1 aliphatic rings. The summed E-state index contributed by atoms with van der Waals surface area (Å²) in [6.07, 6.45) is 4.42. The Morgan fingerprint density at radius 2 is 2.33 bits per heavy atom. The molecule has 1 fully saturated rings. The fraction of sp³-hybridized carbons (Fsp3) is 1.00. The Kier molecular flexibility index (Phi) is 2.49. The first kappa shape index (κ1) is 7.03. The Bertz CT molecular complexity index is 85.0. The second-order valence-corrected chi connectivity index (χ2v) is 2.74. The molecule has 2 atom stereocenters. The smallest absolute Gasteiger partial charge is 0.0700 e. The lowest BCUT2D eigenvalue weighted by molar-refractivity contribution is -0.0341. The van der Waals surface area contributed by atoms with Gasteiger partial charge in [-0.25, -0.2) is 0 Å². The minimum Gasteiger partial charge on any atom is -0.374 e. The van der Waals surface area contributed by atoms with Gasteiger partial charge in [0.2, 0.25) is 0 Å². The normalized spacial score (nSPS) is 36.7. The van der Waals surface area contributed by atoms with Crippen LogP contribution in [0.15, 0.2) is 0 Å². The highest BCUT2D eigenvalue weighted by atomic mass is 16.5. The van der Waals surface area contributed by atoms with Gasteiger partial charge < -0.3 is 10.5 Å². The van der Waals surface area contributed by atoms with Crippen LogP contribution in [-0.4, -0.2) is 18.8 Å². The molecule has 2 N–H and O–H groups in total. The van der Waals surface area contributed by atoms with Gasteiger partial charge in [0.05, 0.1) is 12.2 Å². The first-order valence-electron chi connectivity index (χ1n) is 3.68. The SMILES string of the molecule is C[C@H]1CCC[C@@H](CN)O1. The van der Waals surface area contributed by atoms with Crippen molar-refractivity contribution < 1.29 is 4.74 Å². The Labute approximate surface area is 56.4 Å². The Balaban J connectivity index is 2.23. The molecule has 0 amide bonds. The van der Waals surface area contributed by atoms with Gasteiger partial charge in [-0.05, 0) is 26.2 Å². The molecule has 1 rings (SSSR count). The van der Waals surface area contributed by atoms with Crippen molar-refractivity contribution >= 4 is 0 Å². The van der Waals surface area contributed by atoms with Gasteiger partial charge in [-0.2, -0.15) is 0 Å². The number of hydrogen-bond acceptors (Lipinski definition) is 2. The predicted octanol–water partition coefficient (Wildman–Crippen LogP) is 0.903. The summed E-state index contributed by atoms with van der Waals surface area (Å²) >= 11 is 0. The van der Waals surface area contributed by atoms with E-state index in [1.165, 1.54) is 12.8 Å². The fourth-order valence-corrected chi connectivity index (χ4v) is 1.27. The largest absolute Gasteiger partial charge is 0.374 e. The van der Waals surface area contributed by atoms with Crippen LogP contribution in [-0.2, 0) is 4.74 Å². The van der Waals surface area contributed by atoms with Crippen molar-refractivity contribution in [3.8, 4) is 0 Å². The molecule has 2 heteroatoms. The number of ether oxygens (including phenoxy) is 1. The van der Waals surface area contributed by atoms with Crippen LogP contribution in [0.2, 0.25) is 0 Å². The van der Waals surface area contributed by atoms with Gasteiger partial charge in [-0.15, -0.1) is 0 Å². The lowest BCUT2D eigenvalue weighted by Gasteiger charge is -2.26. The van der Waals surface area contributed by atoms with Crippen molar-refractivity contribution in [2.45, 2.75) is 38.4 Å². The number of hydrogen-bond donors (Lipinski definition) is 1. The third kappa shape index (κ3) is 1.95. The minimum atomic E-state index is 0.341. The lowest BCUT2D eigenvalue weighted by Crippen LogP contribution is -2.31. The molecule has 0 saturated carbocycles. The van der Waals surface area contributed by atoms with Crippen LogP contribution in [0, 0.1) is 0 Å². The molecule has 0 aromatic heterocycles. The molecule has 0 unspecified atom stereocenters. The summed E-state index contributed by atoms with van der Waals surface area (Å²) in [5, 5.41) is 0. The molecular weight excluding hydrogens is 114 g/mol. The summed E-state index contributed by atoms with van der Waals surface area (Å²) in [7, 11) is 0. The molecule has 1 aliphatic heterocycles. The summed E-state index contributed by atoms with van der Waals surface area (Å²) in [5.74, 6) is 0. The number of rotatable bonds is 1. The van der Waals surface area contributed by atoms with Crippen molar-refractivity contribution in [1.29, 1.82) is 0 Å². The van der Waals surface area contributed by atoms with Crippen LogP contribution in [0.4, 0.5) is 0 Å². The van der Waals surface area contributed by atoms with Crippen LogP contribution in [0.1, 0.15) is 26.2 Å². The Morgan fingerprint density at radius 1 is 1.56 bits per heavy atom. The maximum Gasteiger partial charge on any atom is 0.0700 e. The van der Waals surface area contributed by atoms with E-state index in [1.54, 1.807) is 0 Å². The zero-order valence-electron chi connectivity index (χ0n) is 5.97. The molecule has 9 heavy (non-hydrogen) atoms. The van der Waals surface area contributed by atoms with E-state index in [2.05, 4.69) is 6.92 Å². The predicted molar refractivity (Wildman–Crippen MR) is 37.2 cm³/mol. The second-order valence-electron chi connectivity index (χ2n) is 2.74. The van der Waals surface area contributed by atoms with Crippen molar-refractivity contribution in [2.75, 3.05) is 6.54 Å². The molecule has 0 bridgehead atoms. The summed E-state index contributed by atoms with van der Waals surface area (Å²) < 4.78 is 5.51. The monoisotopic (exact) mass is 129 g/mol. The van der Waals surface area contributed by atoms with Crippen LogP contribution in [0.25, 0.3) is 0 Å². The maximum atomic E-state index is 5.51. The average molecular weight is 129 g/mol. The Morgan fingerprint density at radius 3 is 2.78 bits per heavy atom. The molecule has 1 heterocycles. The van der Waals surface area contributed by atoms with Gasteiger partial charge in [-0.3, -0.25) is 0 Å². The van der Waals surface area contributed by atoms with Crippen molar-refractivity contribution in [1.82, 2.24) is 0 Å². The van der Waals surface area contributed by atoms with Crippen molar-refractivity contribution in [2.24, 2.45) is 5.73 Å². The first-order valence-corrected chi connectivity index (χ1v) is 3.68. The zero-order valence-corrected chi connectivity index (χ0v) is 5.97. The van der Waals surface area contributed by atoms with Gasteiger partial charge in [0.15, 0.2) is 0 Å². The van der Waals surface area contributed by atoms with E-state index in [9.17, 15) is 0 Å². The van der Waals surface area contributed by atoms with Crippen LogP contribution in [0.5, 0.6) is 0 Å². The van der Waals surface area contributed by atoms with E-state index in [1.807, 2.05) is 0 Å². The number of nitrogens with two attached hydrogens (primary N) is 1. The van der Waals surface area contributed by atoms with Crippen LogP contribution in [0.3, 0.4) is 0 Å². The van der Waals surface area contributed by atoms with Gasteiger partial charge in [0.1, 0.15) is 0 Å². The zero-order chi connectivity index (χ0) is 6.69. The highest BCUT2D eigenvalue weighted by molar-refractivity contribution is 4.67. The van der Waals surface area contributed by atoms with Crippen LogP contribution < -0.4 is 5.73 Å². The van der Waals surface area contributed by atoms with Crippen molar-refractivity contribution in [3.05, 3.63) is 0 Å². The summed E-state index contributed by atoms with van der Waals surface area (Å²) in [5.41, 5.74) is 5.44. The van der Waals surface area contributed by atoms with E-state index in [-0.39, 0.29) is 0 Å². The first-order chi connectivity index (χ1) is 4.33. The standard InChI is InChI=1S/C7H15NO/c1-6-3-2-4-7(5-8)9-6/h6-7H,2-5,8H2,1H3/t6-,7-/m0/s1. The quantitative estimate of drug-likeness (QED) is 0.571. The summed E-state index contributed by atoms with van der Waals surface area (Å²) in [6.45, 7) is 2.80. The van der Waals surface area contributed by atoms with Gasteiger partial charge in [-0.1, -0.05) is 0 Å². The van der Waals surface area contributed by atoms with E-state index in [0.717, 1.165) is 6.42 Å². The van der Waals surface area contributed by atoms with E-state index in [0.29, 0.717) is 18.8 Å². The topological polar surface area (TPSA) is 35.2 Å². The molecular formula is C7H15NO. The molecule has 0 spiro atoms. The minimum absolute atomic E-state index is 0.341. The van der Waals surface area contributed by atoms with E-state index < -0.39 is 0 Å². The fourth-order valence-electron chi connectivity index (χ4n) is 1.27. The van der Waals surface area contributed by atoms with E-state index in [4.69, 9.17) is 10.5 Å². The molecule has 54 valence electrons. The molecule has 0 aromatic carbocycles. The Hall–Kier alpha value is -0.0800. The average Bonchev–Trinajstić information content (AvgIpc) is 1.88. The molecule has 0 radical (unpaired) electrons. The third-order valence-electron chi connectivity index (χ3n) is 1.82. The van der Waals surface area contributed by atoms with Gasteiger partial charge >= 0.3 is 0 Å². The van der Waals surface area contributed by atoms with E-state index >= 15 is 0 Å². The maximum absolute atomic E-state index is 5.51. The molecule has 0 aromatic rings. The molecule has 0 aliphatic carbocycles. The third-order valence-corrected chi connectivity index (χ3v) is 1.82. The van der Waals surface area contributed by atoms with Crippen LogP contribution >= 0.6 is 0 Å². The summed E-state index contributed by atoms with van der Waals surface area (Å²) in [4.78, 5) is 0.